The van der Waals surface area contributed by atoms with Crippen LogP contribution in [0.3, 0.4) is 0 Å². The highest BCUT2D eigenvalue weighted by molar-refractivity contribution is 5.46. The third-order valence-electron chi connectivity index (χ3n) is 1.54. The molecule has 2 heterocycles. The SMILES string of the molecule is COn1cc(N)n2nccc12. The molecule has 2 aromatic heterocycles. The van der Waals surface area contributed by atoms with Gasteiger partial charge in [0.05, 0.1) is 12.4 Å². The lowest BCUT2D eigenvalue weighted by atomic mass is 10.7. The summed E-state index contributed by atoms with van der Waals surface area (Å²) in [6.07, 6.45) is 3.34. The number of nitrogen functional groups attached to an aromatic ring is 1. The highest BCUT2D eigenvalue weighted by Gasteiger charge is 2.04. The van der Waals surface area contributed by atoms with Crippen LogP contribution >= 0.6 is 0 Å². The van der Waals surface area contributed by atoms with E-state index in [0.717, 1.165) is 5.65 Å². The first-order chi connectivity index (χ1) is 5.33. The van der Waals surface area contributed by atoms with Gasteiger partial charge in [-0.25, -0.2) is 0 Å². The Balaban J connectivity index is 2.80. The van der Waals surface area contributed by atoms with Crippen LogP contribution in [-0.4, -0.2) is 21.5 Å². The molecule has 2 N–H and O–H groups in total. The van der Waals surface area contributed by atoms with E-state index in [1.807, 2.05) is 6.07 Å². The van der Waals surface area contributed by atoms with E-state index in [-0.39, 0.29) is 0 Å². The maximum atomic E-state index is 5.60. The minimum Gasteiger partial charge on any atom is -0.415 e. The predicted molar refractivity (Wildman–Crippen MR) is 40.1 cm³/mol. The van der Waals surface area contributed by atoms with Crippen molar-refractivity contribution in [3.8, 4) is 0 Å². The Labute approximate surface area is 62.9 Å². The summed E-state index contributed by atoms with van der Waals surface area (Å²) in [5.74, 6) is 0.562. The molecule has 0 aliphatic rings. The number of imidazole rings is 1. The van der Waals surface area contributed by atoms with Gasteiger partial charge in [0, 0.05) is 6.07 Å². The predicted octanol–water partition coefficient (Wildman–Crippen LogP) is -0.224. The maximum Gasteiger partial charge on any atom is 0.173 e. The molecule has 0 fully saturated rings. The maximum absolute atomic E-state index is 5.60. The number of aromatic nitrogens is 3. The van der Waals surface area contributed by atoms with Crippen molar-refractivity contribution < 1.29 is 4.84 Å². The van der Waals surface area contributed by atoms with Crippen LogP contribution in [0.5, 0.6) is 0 Å². The summed E-state index contributed by atoms with van der Waals surface area (Å²) in [5.41, 5.74) is 6.42. The van der Waals surface area contributed by atoms with Gasteiger partial charge in [-0.05, 0) is 0 Å². The van der Waals surface area contributed by atoms with E-state index in [2.05, 4.69) is 5.10 Å². The van der Waals surface area contributed by atoms with Crippen LogP contribution in [0, 0.1) is 0 Å². The van der Waals surface area contributed by atoms with Crippen molar-refractivity contribution in [3.05, 3.63) is 18.5 Å². The highest BCUT2D eigenvalue weighted by atomic mass is 16.6. The number of rotatable bonds is 1. The van der Waals surface area contributed by atoms with Gasteiger partial charge in [-0.15, -0.1) is 0 Å². The zero-order valence-electron chi connectivity index (χ0n) is 6.06. The van der Waals surface area contributed by atoms with Crippen molar-refractivity contribution in [2.45, 2.75) is 0 Å². The fraction of sp³-hybridized carbons (Fsp3) is 0.167. The minimum absolute atomic E-state index is 0.562. The number of hydrogen-bond acceptors (Lipinski definition) is 3. The van der Waals surface area contributed by atoms with Crippen LogP contribution in [0.15, 0.2) is 18.5 Å². The molecule has 5 heteroatoms. The van der Waals surface area contributed by atoms with Crippen molar-refractivity contribution in [1.82, 2.24) is 14.3 Å². The second kappa shape index (κ2) is 1.91. The Morgan fingerprint density at radius 1 is 1.64 bits per heavy atom. The van der Waals surface area contributed by atoms with Gasteiger partial charge in [0.15, 0.2) is 5.65 Å². The van der Waals surface area contributed by atoms with Gasteiger partial charge < -0.3 is 10.6 Å². The molecular formula is C6H8N4O. The molecule has 58 valence electrons. The third kappa shape index (κ3) is 0.674. The van der Waals surface area contributed by atoms with E-state index >= 15 is 0 Å². The van der Waals surface area contributed by atoms with Crippen molar-refractivity contribution in [2.75, 3.05) is 12.8 Å². The first-order valence-electron chi connectivity index (χ1n) is 3.18. The zero-order valence-corrected chi connectivity index (χ0v) is 6.06. The van der Waals surface area contributed by atoms with Crippen LogP contribution < -0.4 is 10.6 Å². The lowest BCUT2D eigenvalue weighted by Crippen LogP contribution is -2.02. The average Bonchev–Trinajstić information content (AvgIpc) is 2.54. The van der Waals surface area contributed by atoms with Crippen LogP contribution in [0.4, 0.5) is 5.82 Å². The summed E-state index contributed by atoms with van der Waals surface area (Å²) in [5, 5.41) is 3.98. The largest absolute Gasteiger partial charge is 0.415 e. The Kier molecular flexibility index (Phi) is 1.06. The minimum atomic E-state index is 0.562. The van der Waals surface area contributed by atoms with Crippen LogP contribution in [0.25, 0.3) is 5.65 Å². The lowest BCUT2D eigenvalue weighted by Gasteiger charge is -1.96. The van der Waals surface area contributed by atoms with Gasteiger partial charge >= 0.3 is 0 Å². The standard InChI is InChI=1S/C6H8N4O/c1-11-9-4-5(7)10-6(9)2-3-8-10/h2-4H,7H2,1H3. The summed E-state index contributed by atoms with van der Waals surface area (Å²) in [7, 11) is 1.58. The van der Waals surface area contributed by atoms with Gasteiger partial charge in [-0.3, -0.25) is 0 Å². The van der Waals surface area contributed by atoms with E-state index in [9.17, 15) is 0 Å². The summed E-state index contributed by atoms with van der Waals surface area (Å²) < 4.78 is 3.16. The van der Waals surface area contributed by atoms with Crippen molar-refractivity contribution in [3.63, 3.8) is 0 Å². The lowest BCUT2D eigenvalue weighted by molar-refractivity contribution is 0.178. The fourth-order valence-corrected chi connectivity index (χ4v) is 1.05. The van der Waals surface area contributed by atoms with Crippen LogP contribution in [-0.2, 0) is 0 Å². The van der Waals surface area contributed by atoms with Gasteiger partial charge in [-0.2, -0.15) is 14.3 Å². The summed E-state index contributed by atoms with van der Waals surface area (Å²) in [6, 6.07) is 1.82. The number of nitrogens with two attached hydrogens (primary N) is 1. The van der Waals surface area contributed by atoms with Gasteiger partial charge in [0.2, 0.25) is 0 Å². The van der Waals surface area contributed by atoms with Crippen molar-refractivity contribution >= 4 is 11.5 Å². The zero-order chi connectivity index (χ0) is 7.84. The van der Waals surface area contributed by atoms with E-state index in [4.69, 9.17) is 10.6 Å². The topological polar surface area (TPSA) is 57.5 Å². The highest BCUT2D eigenvalue weighted by Crippen LogP contribution is 2.08. The van der Waals surface area contributed by atoms with Gasteiger partial charge in [0.25, 0.3) is 0 Å². The first kappa shape index (κ1) is 6.09. The molecule has 0 saturated heterocycles. The third-order valence-corrected chi connectivity index (χ3v) is 1.54. The Morgan fingerprint density at radius 2 is 2.45 bits per heavy atom. The van der Waals surface area contributed by atoms with Gasteiger partial charge in [-0.1, -0.05) is 0 Å². The Hall–Kier alpha value is -1.65. The van der Waals surface area contributed by atoms with Crippen molar-refractivity contribution in [1.29, 1.82) is 0 Å². The number of fused-ring (bicyclic) bond motifs is 1. The molecule has 0 atom stereocenters. The Morgan fingerprint density at radius 3 is 3.18 bits per heavy atom. The summed E-state index contributed by atoms with van der Waals surface area (Å²) in [6.45, 7) is 0. The van der Waals surface area contributed by atoms with E-state index in [1.54, 1.807) is 28.7 Å². The molecule has 0 aromatic carbocycles. The monoisotopic (exact) mass is 152 g/mol. The number of nitrogens with zero attached hydrogens (tertiary/aromatic N) is 3. The average molecular weight is 152 g/mol. The molecule has 0 radical (unpaired) electrons. The molecular weight excluding hydrogens is 144 g/mol. The normalized spacial score (nSPS) is 10.6. The molecule has 2 aromatic rings. The molecule has 0 saturated carbocycles. The molecule has 2 rings (SSSR count). The first-order valence-corrected chi connectivity index (χ1v) is 3.18. The van der Waals surface area contributed by atoms with Crippen LogP contribution in [0.2, 0.25) is 0 Å². The molecule has 0 spiro atoms. The number of anilines is 1. The van der Waals surface area contributed by atoms with E-state index < -0.39 is 0 Å². The second-order valence-electron chi connectivity index (χ2n) is 2.16. The molecule has 0 bridgehead atoms. The van der Waals surface area contributed by atoms with Crippen LogP contribution in [0.1, 0.15) is 0 Å². The molecule has 11 heavy (non-hydrogen) atoms. The molecule has 0 aliphatic carbocycles. The molecule has 0 unspecified atom stereocenters. The quantitative estimate of drug-likeness (QED) is 0.614. The smallest absolute Gasteiger partial charge is 0.173 e. The van der Waals surface area contributed by atoms with E-state index in [0.29, 0.717) is 5.82 Å². The summed E-state index contributed by atoms with van der Waals surface area (Å²) in [4.78, 5) is 4.98. The molecule has 0 aliphatic heterocycles. The molecule has 5 nitrogen and oxygen atoms in total. The fourth-order valence-electron chi connectivity index (χ4n) is 1.05. The number of hydrogen-bond donors (Lipinski definition) is 1. The van der Waals surface area contributed by atoms with E-state index in [1.165, 1.54) is 0 Å². The Bertz CT molecular complexity index is 375. The second-order valence-corrected chi connectivity index (χ2v) is 2.16. The van der Waals surface area contributed by atoms with Gasteiger partial charge in [0.1, 0.15) is 12.9 Å². The van der Waals surface area contributed by atoms with Crippen molar-refractivity contribution in [2.24, 2.45) is 0 Å². The molecule has 0 amide bonds. The summed E-state index contributed by atoms with van der Waals surface area (Å²) >= 11 is 0.